The highest BCUT2D eigenvalue weighted by Gasteiger charge is 2.33. The molecule has 1 fully saturated rings. The van der Waals surface area contributed by atoms with Gasteiger partial charge in [0.15, 0.2) is 0 Å². The first-order valence-electron chi connectivity index (χ1n) is 2.87. The molecule has 1 unspecified atom stereocenters. The van der Waals surface area contributed by atoms with Crippen molar-refractivity contribution < 1.29 is 7.96 Å². The lowest BCUT2D eigenvalue weighted by Crippen LogP contribution is -2.26. The highest BCUT2D eigenvalue weighted by Crippen LogP contribution is 2.20. The maximum absolute atomic E-state index is 10.9. The van der Waals surface area contributed by atoms with Gasteiger partial charge < -0.3 is 0 Å². The molecule has 1 aliphatic rings. The minimum Gasteiger partial charge on any atom is -0.286 e. The summed E-state index contributed by atoms with van der Waals surface area (Å²) in [5.74, 6) is 0.119. The number of halogens is 1. The number of amidine groups is 1. The van der Waals surface area contributed by atoms with E-state index in [-0.39, 0.29) is 17.7 Å². The van der Waals surface area contributed by atoms with E-state index in [2.05, 4.69) is 3.17 Å². The van der Waals surface area contributed by atoms with Crippen molar-refractivity contribution in [2.45, 2.75) is 13.3 Å². The average Bonchev–Trinajstić information content (AvgIpc) is 2.09. The van der Waals surface area contributed by atoms with E-state index >= 15 is 0 Å². The minimum absolute atomic E-state index is 0.00210. The summed E-state index contributed by atoms with van der Waals surface area (Å²) < 4.78 is 4.64. The SMILES string of the molecule is CC1CC(=O)N(OI)C1=N. The van der Waals surface area contributed by atoms with Crippen LogP contribution in [0.25, 0.3) is 0 Å². The fraction of sp³-hybridized carbons (Fsp3) is 0.600. The smallest absolute Gasteiger partial charge is 0.253 e. The first kappa shape index (κ1) is 7.93. The molecule has 0 aliphatic carbocycles. The predicted octanol–water partition coefficient (Wildman–Crippen LogP) is 1.11. The van der Waals surface area contributed by atoms with E-state index in [1.165, 1.54) is 0 Å². The Morgan fingerprint density at radius 2 is 2.50 bits per heavy atom. The molecule has 10 heavy (non-hydrogen) atoms. The summed E-state index contributed by atoms with van der Waals surface area (Å²) >= 11 is 1.59. The van der Waals surface area contributed by atoms with Crippen LogP contribution in [0.3, 0.4) is 0 Å². The number of rotatable bonds is 1. The highest BCUT2D eigenvalue weighted by molar-refractivity contribution is 14.1. The summed E-state index contributed by atoms with van der Waals surface area (Å²) in [5, 5.41) is 8.34. The van der Waals surface area contributed by atoms with Gasteiger partial charge in [0.25, 0.3) is 5.91 Å². The molecule has 0 spiro atoms. The van der Waals surface area contributed by atoms with Crippen molar-refractivity contribution in [1.82, 2.24) is 5.06 Å². The number of hydrogen-bond donors (Lipinski definition) is 1. The molecule has 4 nitrogen and oxygen atoms in total. The molecule has 5 heteroatoms. The van der Waals surface area contributed by atoms with Crippen molar-refractivity contribution in [3.05, 3.63) is 0 Å². The molecule has 1 saturated heterocycles. The van der Waals surface area contributed by atoms with Crippen molar-refractivity contribution in [3.8, 4) is 0 Å². The Labute approximate surface area is 72.7 Å². The molecule has 0 saturated carbocycles. The molecule has 0 bridgehead atoms. The van der Waals surface area contributed by atoms with E-state index < -0.39 is 0 Å². The maximum Gasteiger partial charge on any atom is 0.253 e. The standard InChI is InChI=1S/C5H7IN2O2/c1-3-2-4(9)8(10-6)5(3)7/h3,7H,2H2,1H3. The van der Waals surface area contributed by atoms with Crippen LogP contribution in [0.15, 0.2) is 0 Å². The highest BCUT2D eigenvalue weighted by atomic mass is 127. The number of hydroxylamine groups is 2. The van der Waals surface area contributed by atoms with Crippen LogP contribution < -0.4 is 0 Å². The lowest BCUT2D eigenvalue weighted by molar-refractivity contribution is -0.137. The van der Waals surface area contributed by atoms with Crippen molar-refractivity contribution in [3.63, 3.8) is 0 Å². The van der Waals surface area contributed by atoms with Crippen LogP contribution in [-0.2, 0) is 7.96 Å². The lowest BCUT2D eigenvalue weighted by atomic mass is 10.1. The number of amides is 1. The van der Waals surface area contributed by atoms with Crippen LogP contribution in [0.5, 0.6) is 0 Å². The second-order valence-corrected chi connectivity index (χ2v) is 2.64. The zero-order valence-corrected chi connectivity index (χ0v) is 7.58. The van der Waals surface area contributed by atoms with Crippen molar-refractivity contribution in [2.75, 3.05) is 0 Å². The Bertz CT molecular complexity index is 182. The summed E-state index contributed by atoms with van der Waals surface area (Å²) in [5.41, 5.74) is 0. The van der Waals surface area contributed by atoms with E-state index in [1.807, 2.05) is 6.92 Å². The number of hydrogen-bond acceptors (Lipinski definition) is 3. The lowest BCUT2D eigenvalue weighted by Gasteiger charge is -2.09. The molecule has 0 aromatic heterocycles. The van der Waals surface area contributed by atoms with Crippen LogP contribution >= 0.6 is 23.0 Å². The first-order valence-corrected chi connectivity index (χ1v) is 3.75. The summed E-state index contributed by atoms with van der Waals surface area (Å²) in [4.78, 5) is 10.9. The van der Waals surface area contributed by atoms with Gasteiger partial charge in [-0.15, -0.1) is 0 Å². The van der Waals surface area contributed by atoms with E-state index in [0.717, 1.165) is 5.06 Å². The summed E-state index contributed by atoms with van der Waals surface area (Å²) in [6.45, 7) is 1.83. The summed E-state index contributed by atoms with van der Waals surface area (Å²) in [6.07, 6.45) is 0.391. The largest absolute Gasteiger partial charge is 0.286 e. The number of nitrogens with zero attached hydrogens (tertiary/aromatic N) is 1. The summed E-state index contributed by atoms with van der Waals surface area (Å²) in [7, 11) is 0. The molecule has 0 radical (unpaired) electrons. The first-order chi connectivity index (χ1) is 4.66. The Hall–Kier alpha value is -0.170. The van der Waals surface area contributed by atoms with Gasteiger partial charge in [-0.2, -0.15) is 8.23 Å². The van der Waals surface area contributed by atoms with Gasteiger partial charge in [0.05, 0.1) is 0 Å². The third-order valence-electron chi connectivity index (χ3n) is 1.46. The van der Waals surface area contributed by atoms with Gasteiger partial charge in [-0.3, -0.25) is 10.2 Å². The van der Waals surface area contributed by atoms with Crippen LogP contribution in [0, 0.1) is 11.3 Å². The third-order valence-corrected chi connectivity index (χ3v) is 1.86. The molecule has 0 aromatic rings. The molecule has 1 amide bonds. The molecule has 56 valence electrons. The normalized spacial score (nSPS) is 26.2. The van der Waals surface area contributed by atoms with E-state index in [1.54, 1.807) is 23.0 Å². The molecule has 1 atom stereocenters. The van der Waals surface area contributed by atoms with E-state index in [4.69, 9.17) is 5.41 Å². The van der Waals surface area contributed by atoms with Crippen LogP contribution in [0.2, 0.25) is 0 Å². The monoisotopic (exact) mass is 254 g/mol. The van der Waals surface area contributed by atoms with E-state index in [0.29, 0.717) is 6.42 Å². The fourth-order valence-electron chi connectivity index (χ4n) is 0.852. The second kappa shape index (κ2) is 2.83. The molecular formula is C5H7IN2O2. The van der Waals surface area contributed by atoms with Crippen LogP contribution in [0.1, 0.15) is 13.3 Å². The van der Waals surface area contributed by atoms with Crippen LogP contribution in [0.4, 0.5) is 0 Å². The topological polar surface area (TPSA) is 53.4 Å². The zero-order valence-electron chi connectivity index (χ0n) is 5.43. The molecular weight excluding hydrogens is 247 g/mol. The number of nitrogens with one attached hydrogen (secondary N) is 1. The van der Waals surface area contributed by atoms with Gasteiger partial charge in [-0.05, 0) is 0 Å². The predicted molar refractivity (Wildman–Crippen MR) is 43.5 cm³/mol. The van der Waals surface area contributed by atoms with Gasteiger partial charge >= 0.3 is 0 Å². The van der Waals surface area contributed by atoms with Gasteiger partial charge in [-0.1, -0.05) is 6.92 Å². The Kier molecular flexibility index (Phi) is 2.24. The molecule has 1 aliphatic heterocycles. The molecule has 1 rings (SSSR count). The quantitative estimate of drug-likeness (QED) is 0.712. The van der Waals surface area contributed by atoms with Gasteiger partial charge in [0.2, 0.25) is 0 Å². The second-order valence-electron chi connectivity index (χ2n) is 2.25. The number of carbonyl (C=O) groups is 1. The van der Waals surface area contributed by atoms with Crippen molar-refractivity contribution in [2.24, 2.45) is 5.92 Å². The Morgan fingerprint density at radius 3 is 2.70 bits per heavy atom. The van der Waals surface area contributed by atoms with Gasteiger partial charge in [-0.25, -0.2) is 0 Å². The fourth-order valence-corrected chi connectivity index (χ4v) is 1.28. The Morgan fingerprint density at radius 1 is 1.90 bits per heavy atom. The Balaban J connectivity index is 2.74. The number of carbonyl (C=O) groups excluding carboxylic acids is 1. The zero-order chi connectivity index (χ0) is 7.72. The third kappa shape index (κ3) is 1.15. The minimum atomic E-state index is -0.132. The van der Waals surface area contributed by atoms with Gasteiger partial charge in [0, 0.05) is 12.3 Å². The van der Waals surface area contributed by atoms with Crippen molar-refractivity contribution in [1.29, 1.82) is 5.41 Å². The van der Waals surface area contributed by atoms with E-state index in [9.17, 15) is 4.79 Å². The van der Waals surface area contributed by atoms with Crippen LogP contribution in [-0.4, -0.2) is 16.8 Å². The maximum atomic E-state index is 10.9. The van der Waals surface area contributed by atoms with Crippen molar-refractivity contribution >= 4 is 34.7 Å². The summed E-state index contributed by atoms with van der Waals surface area (Å²) in [6, 6.07) is 0. The van der Waals surface area contributed by atoms with Gasteiger partial charge in [0.1, 0.15) is 28.8 Å². The average molecular weight is 254 g/mol. The molecule has 1 N–H and O–H groups in total. The molecule has 0 aromatic carbocycles. The molecule has 1 heterocycles.